The van der Waals surface area contributed by atoms with Crippen molar-refractivity contribution in [3.63, 3.8) is 0 Å². The molecule has 0 amide bonds. The van der Waals surface area contributed by atoms with Crippen molar-refractivity contribution in [2.45, 2.75) is 79.1 Å². The first-order chi connectivity index (χ1) is 32.1. The molecular formula is C60H56N6. The highest BCUT2D eigenvalue weighted by atomic mass is 15.2. The first-order valence-electron chi connectivity index (χ1n) is 23.6. The van der Waals surface area contributed by atoms with Gasteiger partial charge in [0.15, 0.2) is 0 Å². The van der Waals surface area contributed by atoms with Crippen molar-refractivity contribution in [2.24, 2.45) is 0 Å². The minimum atomic E-state index is 0.334. The fourth-order valence-electron chi connectivity index (χ4n) is 10.6. The summed E-state index contributed by atoms with van der Waals surface area (Å²) in [6.45, 7) is 18.3. The number of nitrogens with zero attached hydrogens (tertiary/aromatic N) is 6. The van der Waals surface area contributed by atoms with Crippen molar-refractivity contribution in [3.8, 4) is 22.9 Å². The molecule has 0 aliphatic rings. The second kappa shape index (κ2) is 16.2. The molecule has 326 valence electrons. The fourth-order valence-corrected chi connectivity index (χ4v) is 10.6. The number of imidazole rings is 2. The quantitative estimate of drug-likeness (QED) is 0.129. The van der Waals surface area contributed by atoms with E-state index in [4.69, 9.17) is 9.97 Å². The maximum absolute atomic E-state index is 5.32. The Kier molecular flexibility index (Phi) is 10.1. The van der Waals surface area contributed by atoms with Gasteiger partial charge >= 0.3 is 0 Å². The Hall–Kier alpha value is -7.44. The lowest BCUT2D eigenvalue weighted by Gasteiger charge is -2.26. The Labute approximate surface area is 387 Å². The molecule has 4 aromatic heterocycles. The predicted octanol–water partition coefficient (Wildman–Crippen LogP) is 16.6. The van der Waals surface area contributed by atoms with Gasteiger partial charge in [0, 0.05) is 56.6 Å². The van der Waals surface area contributed by atoms with Crippen molar-refractivity contribution in [3.05, 3.63) is 193 Å². The van der Waals surface area contributed by atoms with E-state index < -0.39 is 0 Å². The predicted molar refractivity (Wildman–Crippen MR) is 278 cm³/mol. The first kappa shape index (κ1) is 41.3. The topological polar surface area (TPSA) is 43.3 Å². The van der Waals surface area contributed by atoms with Crippen LogP contribution in [0.5, 0.6) is 0 Å². The van der Waals surface area contributed by atoms with Crippen molar-refractivity contribution in [2.75, 3.05) is 4.90 Å². The number of para-hydroxylation sites is 4. The summed E-state index contributed by atoms with van der Waals surface area (Å²) in [4.78, 5) is 12.9. The van der Waals surface area contributed by atoms with E-state index in [1.165, 1.54) is 55.0 Å². The first-order valence-corrected chi connectivity index (χ1v) is 23.6. The van der Waals surface area contributed by atoms with Crippen LogP contribution in [0.25, 0.3) is 72.0 Å². The highest BCUT2D eigenvalue weighted by Crippen LogP contribution is 2.44. The van der Waals surface area contributed by atoms with E-state index in [9.17, 15) is 0 Å². The summed E-state index contributed by atoms with van der Waals surface area (Å²) in [6, 6.07) is 55.7. The lowest BCUT2D eigenvalue weighted by Crippen LogP contribution is -2.12. The zero-order chi connectivity index (χ0) is 45.4. The summed E-state index contributed by atoms with van der Waals surface area (Å²) >= 11 is 0. The second-order valence-corrected chi connectivity index (χ2v) is 19.1. The smallest absolute Gasteiger partial charge is 0.219 e. The Bertz CT molecular complexity index is 3570. The summed E-state index contributed by atoms with van der Waals surface area (Å²) < 4.78 is 7.09. The molecule has 0 N–H and O–H groups in total. The summed E-state index contributed by atoms with van der Waals surface area (Å²) in [5.74, 6) is 2.25. The molecule has 0 saturated heterocycles. The van der Waals surface area contributed by atoms with Gasteiger partial charge < -0.3 is 4.90 Å². The summed E-state index contributed by atoms with van der Waals surface area (Å²) in [6.07, 6.45) is 6.19. The van der Waals surface area contributed by atoms with E-state index >= 15 is 0 Å². The number of rotatable bonds is 10. The van der Waals surface area contributed by atoms with E-state index in [1.807, 2.05) is 6.20 Å². The molecule has 0 atom stereocenters. The normalized spacial score (nSPS) is 12.2. The maximum Gasteiger partial charge on any atom is 0.219 e. The van der Waals surface area contributed by atoms with Crippen LogP contribution in [0.3, 0.4) is 0 Å². The largest absolute Gasteiger partial charge is 0.310 e. The van der Waals surface area contributed by atoms with Crippen LogP contribution in [0.15, 0.2) is 170 Å². The molecule has 66 heavy (non-hydrogen) atoms. The van der Waals surface area contributed by atoms with Crippen LogP contribution >= 0.6 is 0 Å². The average molecular weight is 861 g/mol. The van der Waals surface area contributed by atoms with Gasteiger partial charge in [-0.1, -0.05) is 159 Å². The van der Waals surface area contributed by atoms with Crippen LogP contribution in [-0.4, -0.2) is 23.5 Å². The number of hydrogen-bond acceptors (Lipinski definition) is 3. The minimum absolute atomic E-state index is 0.334. The van der Waals surface area contributed by atoms with Gasteiger partial charge in [-0.2, -0.15) is 0 Å². The molecule has 7 aromatic carbocycles. The lowest BCUT2D eigenvalue weighted by atomic mass is 9.87. The molecule has 0 spiro atoms. The summed E-state index contributed by atoms with van der Waals surface area (Å²) in [5.41, 5.74) is 16.4. The number of benzene rings is 7. The Morgan fingerprint density at radius 1 is 0.439 bits per heavy atom. The monoisotopic (exact) mass is 860 g/mol. The van der Waals surface area contributed by atoms with E-state index in [0.717, 1.165) is 56.3 Å². The molecule has 0 unspecified atom stereocenters. The molecule has 0 fully saturated rings. The van der Waals surface area contributed by atoms with Crippen LogP contribution < -0.4 is 4.90 Å². The Morgan fingerprint density at radius 2 is 0.985 bits per heavy atom. The van der Waals surface area contributed by atoms with E-state index in [-0.39, 0.29) is 0 Å². The maximum atomic E-state index is 5.32. The zero-order valence-electron chi connectivity index (χ0n) is 39.2. The van der Waals surface area contributed by atoms with Gasteiger partial charge in [-0.15, -0.1) is 0 Å². The SMILES string of the molecule is CC(C)c1cccc(C(C)C)c1-c1cnc2c3cc(N(c4ccccc4)c4ccc5c6ccccc6n(-c6nccn6-c6c(C(C)C)cccc6C(C)C)c5c4)ccc3c3ccccc3n12. The molecule has 0 bridgehead atoms. The molecule has 11 aromatic rings. The standard InChI is InChI=1S/C60H56N6/c1-37(2)44-22-16-23-45(38(3)4)57(44)56-36-62-59-52-34-42(28-30-48(52)49-20-12-14-26-53(49)65(56)59)64(41-18-10-9-11-19-41)43-29-31-51-50-21-13-15-27-54(50)66(55(51)35-43)60-61-32-33-63(60)58-46(39(5)6)24-17-25-47(58)40(7)8/h9-40H,1-8H3. The highest BCUT2D eigenvalue weighted by Gasteiger charge is 2.25. The molecule has 4 heterocycles. The van der Waals surface area contributed by atoms with Crippen LogP contribution in [0, 0.1) is 0 Å². The molecule has 0 saturated carbocycles. The van der Waals surface area contributed by atoms with E-state index in [1.54, 1.807) is 0 Å². The van der Waals surface area contributed by atoms with Crippen molar-refractivity contribution < 1.29 is 0 Å². The summed E-state index contributed by atoms with van der Waals surface area (Å²) in [5, 5.41) is 5.85. The molecule has 0 radical (unpaired) electrons. The van der Waals surface area contributed by atoms with Gasteiger partial charge in [0.25, 0.3) is 0 Å². The third kappa shape index (κ3) is 6.53. The molecule has 6 nitrogen and oxygen atoms in total. The molecule has 6 heteroatoms. The van der Waals surface area contributed by atoms with Gasteiger partial charge in [-0.25, -0.2) is 9.97 Å². The van der Waals surface area contributed by atoms with Gasteiger partial charge in [0.2, 0.25) is 5.95 Å². The van der Waals surface area contributed by atoms with Crippen molar-refractivity contribution >= 4 is 66.2 Å². The minimum Gasteiger partial charge on any atom is -0.310 e. The molecular weight excluding hydrogens is 805 g/mol. The number of anilines is 3. The van der Waals surface area contributed by atoms with Gasteiger partial charge in [0.1, 0.15) is 5.65 Å². The van der Waals surface area contributed by atoms with E-state index in [2.05, 4.69) is 238 Å². The van der Waals surface area contributed by atoms with Crippen molar-refractivity contribution in [1.82, 2.24) is 23.5 Å². The van der Waals surface area contributed by atoms with E-state index in [0.29, 0.717) is 23.7 Å². The third-order valence-corrected chi connectivity index (χ3v) is 13.7. The van der Waals surface area contributed by atoms with Crippen LogP contribution in [0.1, 0.15) is 101 Å². The van der Waals surface area contributed by atoms with Crippen molar-refractivity contribution in [1.29, 1.82) is 0 Å². The summed E-state index contributed by atoms with van der Waals surface area (Å²) in [7, 11) is 0. The third-order valence-electron chi connectivity index (χ3n) is 13.7. The van der Waals surface area contributed by atoms with Gasteiger partial charge in [-0.3, -0.25) is 13.5 Å². The lowest BCUT2D eigenvalue weighted by molar-refractivity contribution is 0.796. The van der Waals surface area contributed by atoms with Crippen LogP contribution in [-0.2, 0) is 0 Å². The Morgan fingerprint density at radius 3 is 1.64 bits per heavy atom. The average Bonchev–Trinajstić information content (AvgIpc) is 4.08. The van der Waals surface area contributed by atoms with Gasteiger partial charge in [-0.05, 0) is 99.8 Å². The van der Waals surface area contributed by atoms with Crippen LogP contribution in [0.2, 0.25) is 0 Å². The Balaban J connectivity index is 1.16. The molecule has 0 aliphatic heterocycles. The number of hydrogen-bond donors (Lipinski definition) is 0. The second-order valence-electron chi connectivity index (χ2n) is 19.1. The van der Waals surface area contributed by atoms with Crippen LogP contribution in [0.4, 0.5) is 17.1 Å². The molecule has 11 rings (SSSR count). The fraction of sp³-hybridized carbons (Fsp3) is 0.200. The highest BCUT2D eigenvalue weighted by molar-refractivity contribution is 6.14. The zero-order valence-corrected chi connectivity index (χ0v) is 39.2. The number of aromatic nitrogens is 5. The number of fused-ring (bicyclic) bond motifs is 9. The number of pyridine rings is 1. The molecule has 0 aliphatic carbocycles. The van der Waals surface area contributed by atoms with Gasteiger partial charge in [0.05, 0.1) is 34.1 Å².